The maximum absolute atomic E-state index is 3.16. The monoisotopic (exact) mass is 327 g/mol. The molecule has 0 aliphatic carbocycles. The summed E-state index contributed by atoms with van der Waals surface area (Å²) in [6.07, 6.45) is 0. The van der Waals surface area contributed by atoms with Crippen molar-refractivity contribution in [2.75, 3.05) is 0 Å². The second kappa shape index (κ2) is 5.06. The van der Waals surface area contributed by atoms with E-state index in [2.05, 4.69) is 84.9 Å². The normalized spacial score (nSPS) is 11.8. The molecule has 0 atom stereocenters. The highest BCUT2D eigenvalue weighted by molar-refractivity contribution is 6.26. The van der Waals surface area contributed by atoms with E-state index in [0.29, 0.717) is 0 Å². The molecular formula is C26H15. The van der Waals surface area contributed by atoms with Gasteiger partial charge in [-0.15, -0.1) is 0 Å². The van der Waals surface area contributed by atoms with Crippen molar-refractivity contribution < 1.29 is 0 Å². The van der Waals surface area contributed by atoms with Crippen molar-refractivity contribution in [1.82, 2.24) is 0 Å². The third-order valence-electron chi connectivity index (χ3n) is 5.50. The molecule has 0 aliphatic rings. The van der Waals surface area contributed by atoms with E-state index < -0.39 is 0 Å². The average molecular weight is 327 g/mol. The van der Waals surface area contributed by atoms with Crippen LogP contribution < -0.4 is 0 Å². The van der Waals surface area contributed by atoms with Crippen LogP contribution in [0.2, 0.25) is 0 Å². The van der Waals surface area contributed by atoms with E-state index >= 15 is 0 Å². The Labute approximate surface area is 151 Å². The van der Waals surface area contributed by atoms with Crippen molar-refractivity contribution in [2.45, 2.75) is 0 Å². The minimum Gasteiger partial charge on any atom is -0.0610 e. The fourth-order valence-electron chi connectivity index (χ4n) is 4.29. The summed E-state index contributed by atoms with van der Waals surface area (Å²) in [6, 6.07) is 36.1. The number of hydrogen-bond donors (Lipinski definition) is 0. The third kappa shape index (κ3) is 1.84. The van der Waals surface area contributed by atoms with Crippen molar-refractivity contribution >= 4 is 43.1 Å². The van der Waals surface area contributed by atoms with Crippen molar-refractivity contribution in [3.05, 3.63) is 97.1 Å². The zero-order valence-electron chi connectivity index (χ0n) is 14.2. The molecular weight excluding hydrogens is 312 g/mol. The molecule has 0 unspecified atom stereocenters. The lowest BCUT2D eigenvalue weighted by molar-refractivity contribution is 1.70. The highest BCUT2D eigenvalue weighted by atomic mass is 14.2. The summed E-state index contributed by atoms with van der Waals surface area (Å²) in [6.45, 7) is 0. The average Bonchev–Trinajstić information content (AvgIpc) is 2.71. The number of rotatable bonds is 1. The van der Waals surface area contributed by atoms with Crippen LogP contribution in [0.15, 0.2) is 91.0 Å². The van der Waals surface area contributed by atoms with Crippen LogP contribution in [0.3, 0.4) is 0 Å². The topological polar surface area (TPSA) is 0 Å². The standard InChI is InChI=1S/C26H15/c1-2-6-20-15-21(14-11-17(20)5-1)24-16-22-9-3-7-18-12-13-19-8-4-10-23(24)26(19)25(18)22/h2-16H. The number of benzene rings is 6. The third-order valence-corrected chi connectivity index (χ3v) is 5.50. The van der Waals surface area contributed by atoms with Crippen LogP contribution in [0.1, 0.15) is 0 Å². The van der Waals surface area contributed by atoms with Crippen molar-refractivity contribution in [2.24, 2.45) is 0 Å². The minimum atomic E-state index is 1.23. The van der Waals surface area contributed by atoms with Gasteiger partial charge in [0.2, 0.25) is 0 Å². The highest BCUT2D eigenvalue weighted by Crippen LogP contribution is 2.40. The van der Waals surface area contributed by atoms with Crippen molar-refractivity contribution in [3.63, 3.8) is 0 Å². The van der Waals surface area contributed by atoms with Crippen LogP contribution in [0.4, 0.5) is 0 Å². The van der Waals surface area contributed by atoms with Gasteiger partial charge in [-0.25, -0.2) is 0 Å². The Kier molecular flexibility index (Phi) is 2.70. The Morgan fingerprint density at radius 3 is 2.23 bits per heavy atom. The molecule has 0 heterocycles. The molecule has 0 saturated heterocycles. The zero-order chi connectivity index (χ0) is 17.1. The maximum atomic E-state index is 3.16. The van der Waals surface area contributed by atoms with E-state index in [-0.39, 0.29) is 0 Å². The van der Waals surface area contributed by atoms with Gasteiger partial charge in [-0.3, -0.25) is 0 Å². The molecule has 119 valence electrons. The molecule has 0 heteroatoms. The maximum Gasteiger partial charge on any atom is -0.00206 e. The first-order chi connectivity index (χ1) is 12.9. The first-order valence-electron chi connectivity index (χ1n) is 8.95. The lowest BCUT2D eigenvalue weighted by Gasteiger charge is -2.15. The van der Waals surface area contributed by atoms with E-state index in [1.807, 2.05) is 12.1 Å². The molecule has 0 fully saturated rings. The van der Waals surface area contributed by atoms with Crippen LogP contribution in [-0.4, -0.2) is 0 Å². The summed E-state index contributed by atoms with van der Waals surface area (Å²) >= 11 is 0. The van der Waals surface area contributed by atoms with E-state index in [4.69, 9.17) is 0 Å². The summed E-state index contributed by atoms with van der Waals surface area (Å²) < 4.78 is 0. The Balaban J connectivity index is 1.79. The molecule has 0 aliphatic heterocycles. The lowest BCUT2D eigenvalue weighted by atomic mass is 9.88. The summed E-state index contributed by atoms with van der Waals surface area (Å²) in [5.41, 5.74) is 2.57. The second-order valence-electron chi connectivity index (χ2n) is 6.96. The Morgan fingerprint density at radius 2 is 1.31 bits per heavy atom. The molecule has 6 rings (SSSR count). The van der Waals surface area contributed by atoms with E-state index in [0.717, 1.165) is 0 Å². The largest absolute Gasteiger partial charge is 0.0610 e. The van der Waals surface area contributed by atoms with Gasteiger partial charge in [-0.1, -0.05) is 72.8 Å². The molecule has 0 amide bonds. The van der Waals surface area contributed by atoms with Gasteiger partial charge in [0, 0.05) is 0 Å². The fraction of sp³-hybridized carbons (Fsp3) is 0. The molecule has 0 spiro atoms. The highest BCUT2D eigenvalue weighted by Gasteiger charge is 2.12. The summed E-state index contributed by atoms with van der Waals surface area (Å²) in [5.74, 6) is 0. The Bertz CT molecular complexity index is 1420. The molecule has 26 heavy (non-hydrogen) atoms. The van der Waals surface area contributed by atoms with E-state index in [9.17, 15) is 0 Å². The predicted molar refractivity (Wildman–Crippen MR) is 112 cm³/mol. The zero-order valence-corrected chi connectivity index (χ0v) is 14.2. The van der Waals surface area contributed by atoms with Crippen LogP contribution in [0, 0.1) is 6.07 Å². The van der Waals surface area contributed by atoms with Crippen LogP contribution in [0.25, 0.3) is 54.2 Å². The van der Waals surface area contributed by atoms with Crippen LogP contribution in [-0.2, 0) is 0 Å². The minimum absolute atomic E-state index is 1.23. The van der Waals surface area contributed by atoms with Gasteiger partial charge in [0.25, 0.3) is 0 Å². The van der Waals surface area contributed by atoms with Gasteiger partial charge >= 0.3 is 0 Å². The summed E-state index contributed by atoms with van der Waals surface area (Å²) in [7, 11) is 0. The van der Waals surface area contributed by atoms with Crippen molar-refractivity contribution in [1.29, 1.82) is 0 Å². The van der Waals surface area contributed by atoms with Gasteiger partial charge in [-0.2, -0.15) is 0 Å². The summed E-state index contributed by atoms with van der Waals surface area (Å²) in [4.78, 5) is 0. The molecule has 6 aromatic rings. The van der Waals surface area contributed by atoms with E-state index in [1.54, 1.807) is 0 Å². The summed E-state index contributed by atoms with van der Waals surface area (Å²) in [5, 5.41) is 10.5. The Hall–Kier alpha value is -3.38. The SMILES string of the molecule is [c]1ccc2cc(-c3cc4cccc5ccc6cccc3c6c54)ccc2c1. The van der Waals surface area contributed by atoms with Gasteiger partial charge in [-0.05, 0) is 78.5 Å². The van der Waals surface area contributed by atoms with E-state index in [1.165, 1.54) is 54.2 Å². The number of hydrogen-bond acceptors (Lipinski definition) is 0. The van der Waals surface area contributed by atoms with Gasteiger partial charge < -0.3 is 0 Å². The molecule has 0 N–H and O–H groups in total. The number of fused-ring (bicyclic) bond motifs is 1. The molecule has 0 saturated carbocycles. The smallest absolute Gasteiger partial charge is 0.00206 e. The molecule has 0 nitrogen and oxygen atoms in total. The first kappa shape index (κ1) is 13.9. The van der Waals surface area contributed by atoms with Crippen LogP contribution >= 0.6 is 0 Å². The van der Waals surface area contributed by atoms with Gasteiger partial charge in [0.1, 0.15) is 0 Å². The van der Waals surface area contributed by atoms with Crippen molar-refractivity contribution in [3.8, 4) is 11.1 Å². The second-order valence-corrected chi connectivity index (χ2v) is 6.96. The molecule has 0 bridgehead atoms. The fourth-order valence-corrected chi connectivity index (χ4v) is 4.29. The van der Waals surface area contributed by atoms with Gasteiger partial charge in [0.15, 0.2) is 0 Å². The van der Waals surface area contributed by atoms with Crippen LogP contribution in [0.5, 0.6) is 0 Å². The predicted octanol–water partition coefficient (Wildman–Crippen LogP) is 7.20. The lowest BCUT2D eigenvalue weighted by Crippen LogP contribution is -1.88. The Morgan fingerprint density at radius 1 is 0.538 bits per heavy atom. The molecule has 1 radical (unpaired) electrons. The first-order valence-corrected chi connectivity index (χ1v) is 8.95. The van der Waals surface area contributed by atoms with Gasteiger partial charge in [0.05, 0.1) is 0 Å². The quantitative estimate of drug-likeness (QED) is 0.280. The molecule has 0 aromatic heterocycles. The molecule has 6 aromatic carbocycles.